The van der Waals surface area contributed by atoms with Gasteiger partial charge < -0.3 is 9.73 Å². The van der Waals surface area contributed by atoms with Gasteiger partial charge in [0.25, 0.3) is 10.0 Å². The lowest BCUT2D eigenvalue weighted by molar-refractivity contribution is -0.116. The molecule has 31 heavy (non-hydrogen) atoms. The molecule has 9 heteroatoms. The van der Waals surface area contributed by atoms with E-state index in [0.717, 1.165) is 0 Å². The second kappa shape index (κ2) is 8.11. The smallest absolute Gasteiger partial charge is 0.408 e. The van der Waals surface area contributed by atoms with Crippen molar-refractivity contribution in [2.45, 2.75) is 11.4 Å². The number of benzene rings is 3. The fourth-order valence-corrected chi connectivity index (χ4v) is 4.42. The molecule has 0 saturated heterocycles. The molecule has 0 aliphatic heterocycles. The first-order valence-electron chi connectivity index (χ1n) is 9.38. The molecule has 4 rings (SSSR count). The van der Waals surface area contributed by atoms with Crippen molar-refractivity contribution >= 4 is 38.4 Å². The first kappa shape index (κ1) is 20.4. The number of amides is 1. The number of anilines is 2. The molecule has 0 aliphatic rings. The van der Waals surface area contributed by atoms with Crippen LogP contribution in [0.25, 0.3) is 11.1 Å². The minimum absolute atomic E-state index is 0.0302. The molecule has 1 N–H and O–H groups in total. The number of hydrogen-bond acceptors (Lipinski definition) is 5. The summed E-state index contributed by atoms with van der Waals surface area (Å²) in [7, 11) is -2.36. The second-order valence-electron chi connectivity index (χ2n) is 6.81. The highest BCUT2D eigenvalue weighted by atomic mass is 32.2. The maximum absolute atomic E-state index is 13.0. The molecule has 0 saturated carbocycles. The van der Waals surface area contributed by atoms with Gasteiger partial charge in [0.15, 0.2) is 5.58 Å². The number of rotatable bonds is 6. The number of oxazole rings is 1. The summed E-state index contributed by atoms with van der Waals surface area (Å²) in [5, 5.41) is 2.64. The summed E-state index contributed by atoms with van der Waals surface area (Å²) in [6.45, 7) is -0.267. The lowest BCUT2D eigenvalue weighted by Crippen LogP contribution is -2.27. The van der Waals surface area contributed by atoms with Crippen molar-refractivity contribution in [1.82, 2.24) is 4.57 Å². The predicted molar refractivity (Wildman–Crippen MR) is 118 cm³/mol. The SMILES string of the molecule is CN(c1ccccc1)S(=O)(=O)c1cccc(NC(=O)Cn2c(=O)oc3ccccc32)c1. The van der Waals surface area contributed by atoms with Gasteiger partial charge in [0.05, 0.1) is 16.1 Å². The minimum atomic E-state index is -3.82. The van der Waals surface area contributed by atoms with E-state index >= 15 is 0 Å². The monoisotopic (exact) mass is 437 g/mol. The van der Waals surface area contributed by atoms with Crippen LogP contribution in [-0.4, -0.2) is 25.9 Å². The molecule has 1 heterocycles. The van der Waals surface area contributed by atoms with E-state index in [2.05, 4.69) is 5.32 Å². The lowest BCUT2D eigenvalue weighted by Gasteiger charge is -2.19. The molecule has 158 valence electrons. The van der Waals surface area contributed by atoms with Gasteiger partial charge in [-0.15, -0.1) is 0 Å². The van der Waals surface area contributed by atoms with Gasteiger partial charge in [-0.25, -0.2) is 13.2 Å². The van der Waals surface area contributed by atoms with E-state index < -0.39 is 21.7 Å². The number of fused-ring (bicyclic) bond motifs is 1. The van der Waals surface area contributed by atoms with Crippen LogP contribution >= 0.6 is 0 Å². The van der Waals surface area contributed by atoms with E-state index in [1.54, 1.807) is 66.7 Å². The van der Waals surface area contributed by atoms with E-state index in [4.69, 9.17) is 4.42 Å². The number of aromatic nitrogens is 1. The van der Waals surface area contributed by atoms with E-state index in [1.807, 2.05) is 0 Å². The molecule has 1 aromatic heterocycles. The third-order valence-electron chi connectivity index (χ3n) is 4.77. The highest BCUT2D eigenvalue weighted by molar-refractivity contribution is 7.92. The Hall–Kier alpha value is -3.85. The van der Waals surface area contributed by atoms with E-state index in [0.29, 0.717) is 22.5 Å². The van der Waals surface area contributed by atoms with Gasteiger partial charge in [0.2, 0.25) is 5.91 Å². The van der Waals surface area contributed by atoms with Gasteiger partial charge in [0.1, 0.15) is 6.54 Å². The zero-order valence-corrected chi connectivity index (χ0v) is 17.4. The van der Waals surface area contributed by atoms with E-state index in [-0.39, 0.29) is 11.4 Å². The number of carbonyl (C=O) groups is 1. The minimum Gasteiger partial charge on any atom is -0.408 e. The molecular weight excluding hydrogens is 418 g/mol. The molecular formula is C22H19N3O5S. The van der Waals surface area contributed by atoms with Crippen molar-refractivity contribution in [3.05, 3.63) is 89.4 Å². The molecule has 4 aromatic rings. The number of nitrogens with one attached hydrogen (secondary N) is 1. The van der Waals surface area contributed by atoms with Crippen molar-refractivity contribution in [3.63, 3.8) is 0 Å². The van der Waals surface area contributed by atoms with Crippen molar-refractivity contribution in [1.29, 1.82) is 0 Å². The molecule has 3 aromatic carbocycles. The topological polar surface area (TPSA) is 102 Å². The van der Waals surface area contributed by atoms with Crippen molar-refractivity contribution in [2.24, 2.45) is 0 Å². The molecule has 1 amide bonds. The number of carbonyl (C=O) groups excluding carboxylic acids is 1. The fraction of sp³-hybridized carbons (Fsp3) is 0.0909. The van der Waals surface area contributed by atoms with Gasteiger partial charge in [-0.3, -0.25) is 13.7 Å². The van der Waals surface area contributed by atoms with Gasteiger partial charge in [-0.05, 0) is 42.5 Å². The zero-order valence-electron chi connectivity index (χ0n) is 16.6. The van der Waals surface area contributed by atoms with Crippen LogP contribution in [0.2, 0.25) is 0 Å². The first-order valence-corrected chi connectivity index (χ1v) is 10.8. The Morgan fingerprint density at radius 2 is 1.71 bits per heavy atom. The number of para-hydroxylation sites is 3. The summed E-state index contributed by atoms with van der Waals surface area (Å²) < 4.78 is 33.5. The third-order valence-corrected chi connectivity index (χ3v) is 6.55. The molecule has 0 bridgehead atoms. The average Bonchev–Trinajstić information content (AvgIpc) is 3.09. The first-order chi connectivity index (χ1) is 14.9. The molecule has 0 aliphatic carbocycles. The average molecular weight is 437 g/mol. The summed E-state index contributed by atoms with van der Waals surface area (Å²) >= 11 is 0. The van der Waals surface area contributed by atoms with Crippen molar-refractivity contribution in [2.75, 3.05) is 16.7 Å². The Labute approximate surface area is 178 Å². The highest BCUT2D eigenvalue weighted by Crippen LogP contribution is 2.23. The molecule has 8 nitrogen and oxygen atoms in total. The maximum Gasteiger partial charge on any atom is 0.420 e. The van der Waals surface area contributed by atoms with Crippen LogP contribution < -0.4 is 15.4 Å². The van der Waals surface area contributed by atoms with Crippen LogP contribution in [0, 0.1) is 0 Å². The molecule has 0 fully saturated rings. The van der Waals surface area contributed by atoms with Gasteiger partial charge in [0, 0.05) is 12.7 Å². The summed E-state index contributed by atoms with van der Waals surface area (Å²) in [6.07, 6.45) is 0. The van der Waals surface area contributed by atoms with E-state index in [9.17, 15) is 18.0 Å². The Bertz CT molecular complexity index is 1410. The molecule has 0 unspecified atom stereocenters. The summed E-state index contributed by atoms with van der Waals surface area (Å²) in [6, 6.07) is 21.4. The highest BCUT2D eigenvalue weighted by Gasteiger charge is 2.22. The molecule has 0 atom stereocenters. The predicted octanol–water partition coefficient (Wildman–Crippen LogP) is 3.06. The number of nitrogens with zero attached hydrogens (tertiary/aromatic N) is 2. The quantitative estimate of drug-likeness (QED) is 0.500. The molecule has 0 radical (unpaired) electrons. The van der Waals surface area contributed by atoms with Crippen LogP contribution in [0.1, 0.15) is 0 Å². The van der Waals surface area contributed by atoms with Crippen LogP contribution in [0.4, 0.5) is 11.4 Å². The Balaban J connectivity index is 1.55. The standard InChI is InChI=1S/C22H19N3O5S/c1-24(17-9-3-2-4-10-17)31(28,29)18-11-7-8-16(14-18)23-21(26)15-25-19-12-5-6-13-20(19)30-22(25)27/h2-14H,15H2,1H3,(H,23,26). The maximum atomic E-state index is 13.0. The third kappa shape index (κ3) is 4.08. The van der Waals surface area contributed by atoms with Gasteiger partial charge in [-0.2, -0.15) is 0 Å². The zero-order chi connectivity index (χ0) is 22.0. The number of hydrogen-bond donors (Lipinski definition) is 1. The molecule has 0 spiro atoms. The Morgan fingerprint density at radius 3 is 2.48 bits per heavy atom. The van der Waals surface area contributed by atoms with E-state index in [1.165, 1.54) is 28.1 Å². The Morgan fingerprint density at radius 1 is 1.00 bits per heavy atom. The van der Waals surface area contributed by atoms with Crippen LogP contribution in [-0.2, 0) is 21.4 Å². The van der Waals surface area contributed by atoms with Crippen LogP contribution in [0.5, 0.6) is 0 Å². The van der Waals surface area contributed by atoms with Gasteiger partial charge >= 0.3 is 5.76 Å². The summed E-state index contributed by atoms with van der Waals surface area (Å²) in [5.41, 5.74) is 1.71. The van der Waals surface area contributed by atoms with Crippen molar-refractivity contribution < 1.29 is 17.6 Å². The lowest BCUT2D eigenvalue weighted by atomic mass is 10.3. The normalized spacial score (nSPS) is 11.4. The summed E-state index contributed by atoms with van der Waals surface area (Å²) in [5.74, 6) is -1.13. The largest absolute Gasteiger partial charge is 0.420 e. The van der Waals surface area contributed by atoms with Gasteiger partial charge in [-0.1, -0.05) is 36.4 Å². The van der Waals surface area contributed by atoms with Crippen LogP contribution in [0.3, 0.4) is 0 Å². The summed E-state index contributed by atoms with van der Waals surface area (Å²) in [4.78, 5) is 24.6. The second-order valence-corrected chi connectivity index (χ2v) is 8.78. The Kier molecular flexibility index (Phi) is 5.35. The van der Waals surface area contributed by atoms with Crippen LogP contribution in [0.15, 0.2) is 93.0 Å². The fourth-order valence-electron chi connectivity index (χ4n) is 3.18. The number of sulfonamides is 1. The van der Waals surface area contributed by atoms with Crippen molar-refractivity contribution in [3.8, 4) is 0 Å².